The molecular weight excluding hydrogens is 438 g/mol. The third kappa shape index (κ3) is 4.70. The molecule has 32 heavy (non-hydrogen) atoms. The van der Waals surface area contributed by atoms with E-state index in [4.69, 9.17) is 5.53 Å². The predicted molar refractivity (Wildman–Crippen MR) is 99.4 cm³/mol. The molecule has 0 aliphatic heterocycles. The van der Waals surface area contributed by atoms with Crippen molar-refractivity contribution in [2.45, 2.75) is 12.4 Å². The summed E-state index contributed by atoms with van der Waals surface area (Å²) in [7, 11) is 0. The quantitative estimate of drug-likeness (QED) is 0.267. The zero-order valence-electron chi connectivity index (χ0n) is 15.9. The second-order valence-corrected chi connectivity index (χ2v) is 6.66. The van der Waals surface area contributed by atoms with Gasteiger partial charge in [-0.25, -0.2) is 0 Å². The van der Waals surface area contributed by atoms with Crippen molar-refractivity contribution < 1.29 is 41.0 Å². The highest BCUT2D eigenvalue weighted by atomic mass is 19.4. The maximum Gasteiger partial charge on any atom is 0.416 e. The van der Waals surface area contributed by atoms with Crippen LogP contribution >= 0.6 is 0 Å². The molecule has 0 unspecified atom stereocenters. The number of nitrogens with zero attached hydrogens (tertiary/aromatic N) is 1. The van der Waals surface area contributed by atoms with Gasteiger partial charge < -0.3 is 9.90 Å². The summed E-state index contributed by atoms with van der Waals surface area (Å²) in [6, 6.07) is 12.0. The van der Waals surface area contributed by atoms with E-state index >= 15 is 0 Å². The van der Waals surface area contributed by atoms with E-state index in [1.165, 1.54) is 30.3 Å². The van der Waals surface area contributed by atoms with E-state index in [9.17, 15) is 36.2 Å². The van der Waals surface area contributed by atoms with Gasteiger partial charge in [0, 0.05) is 0 Å². The van der Waals surface area contributed by atoms with E-state index in [2.05, 4.69) is 4.79 Å². The van der Waals surface area contributed by atoms with Crippen LogP contribution < -0.4 is 5.11 Å². The summed E-state index contributed by atoms with van der Waals surface area (Å²) in [6.45, 7) is 0. The molecule has 0 amide bonds. The number of hydrogen-bond acceptors (Lipinski definition) is 3. The Morgan fingerprint density at radius 1 is 0.719 bits per heavy atom. The van der Waals surface area contributed by atoms with E-state index in [1.807, 2.05) is 0 Å². The summed E-state index contributed by atoms with van der Waals surface area (Å²) < 4.78 is 77.3. The number of nitrogens with one attached hydrogen (secondary N) is 1. The van der Waals surface area contributed by atoms with Gasteiger partial charge in [-0.3, -0.25) is 0 Å². The van der Waals surface area contributed by atoms with Crippen molar-refractivity contribution in [3.63, 3.8) is 0 Å². The first-order chi connectivity index (χ1) is 14.9. The van der Waals surface area contributed by atoms with Crippen LogP contribution in [0.25, 0.3) is 22.3 Å². The van der Waals surface area contributed by atoms with Crippen LogP contribution in [0, 0.1) is 5.53 Å². The van der Waals surface area contributed by atoms with Gasteiger partial charge in [0.15, 0.2) is 5.97 Å². The van der Waals surface area contributed by atoms with Gasteiger partial charge in [0.2, 0.25) is 0 Å². The number of carboxylic acids is 1. The maximum atomic E-state index is 12.9. The Morgan fingerprint density at radius 3 is 1.53 bits per heavy atom. The van der Waals surface area contributed by atoms with Gasteiger partial charge in [-0.05, 0) is 58.7 Å². The molecule has 0 aromatic heterocycles. The summed E-state index contributed by atoms with van der Waals surface area (Å²) in [6.07, 6.45) is -9.12. The van der Waals surface area contributed by atoms with Crippen molar-refractivity contribution in [1.29, 1.82) is 5.53 Å². The molecule has 0 saturated carbocycles. The van der Waals surface area contributed by atoms with E-state index < -0.39 is 35.2 Å². The number of benzene rings is 3. The highest BCUT2D eigenvalue weighted by Crippen LogP contribution is 2.37. The molecule has 0 fully saturated rings. The Balaban J connectivity index is 2.19. The van der Waals surface area contributed by atoms with Gasteiger partial charge in [-0.2, -0.15) is 26.3 Å². The lowest BCUT2D eigenvalue weighted by Crippen LogP contribution is -2.33. The molecule has 4 nitrogen and oxygen atoms in total. The fourth-order valence-corrected chi connectivity index (χ4v) is 3.09. The van der Waals surface area contributed by atoms with Crippen LogP contribution in [0.4, 0.5) is 26.3 Å². The van der Waals surface area contributed by atoms with Crippen LogP contribution in [-0.4, -0.2) is 16.5 Å². The Hall–Kier alpha value is -3.91. The molecule has 3 aromatic rings. The van der Waals surface area contributed by atoms with Crippen LogP contribution in [-0.2, 0) is 17.1 Å². The first kappa shape index (κ1) is 22.8. The largest absolute Gasteiger partial charge is 0.538 e. The Morgan fingerprint density at radius 2 is 1.16 bits per heavy atom. The van der Waals surface area contributed by atoms with Gasteiger partial charge in [0.25, 0.3) is 0 Å². The lowest BCUT2D eigenvalue weighted by Gasteiger charge is -2.14. The van der Waals surface area contributed by atoms with E-state index in [1.54, 1.807) is 0 Å². The Bertz CT molecular complexity index is 1210. The third-order valence-electron chi connectivity index (χ3n) is 4.64. The van der Waals surface area contributed by atoms with Gasteiger partial charge in [-0.1, -0.05) is 30.3 Å². The summed E-state index contributed by atoms with van der Waals surface area (Å²) in [5, 5.41) is 11.2. The molecule has 10 heteroatoms. The lowest BCUT2D eigenvalue weighted by atomic mass is 9.91. The van der Waals surface area contributed by atoms with Gasteiger partial charge >= 0.3 is 18.1 Å². The molecule has 0 bridgehead atoms. The Labute approximate surface area is 177 Å². The predicted octanol–water partition coefficient (Wildman–Crippen LogP) is 4.84. The minimum absolute atomic E-state index is 0.0504. The molecule has 0 spiro atoms. The highest BCUT2D eigenvalue weighted by molar-refractivity contribution is 6.39. The van der Waals surface area contributed by atoms with Gasteiger partial charge in [-0.15, -0.1) is 0 Å². The molecule has 0 radical (unpaired) electrons. The molecule has 0 heterocycles. The third-order valence-corrected chi connectivity index (χ3v) is 4.64. The number of carboxylic acid groups (broad SMARTS) is 1. The van der Waals surface area contributed by atoms with Crippen molar-refractivity contribution in [2.24, 2.45) is 0 Å². The molecule has 0 saturated heterocycles. The zero-order valence-corrected chi connectivity index (χ0v) is 15.9. The van der Waals surface area contributed by atoms with Crippen molar-refractivity contribution in [1.82, 2.24) is 0 Å². The molecule has 3 aromatic carbocycles. The molecule has 0 atom stereocenters. The summed E-state index contributed by atoms with van der Waals surface area (Å²) in [5.41, 5.74) is 5.62. The van der Waals surface area contributed by atoms with Crippen LogP contribution in [0.5, 0.6) is 0 Å². The van der Waals surface area contributed by atoms with Crippen molar-refractivity contribution in [3.05, 3.63) is 83.4 Å². The molecule has 1 N–H and O–H groups in total. The van der Waals surface area contributed by atoms with Gasteiger partial charge in [0.1, 0.15) is 0 Å². The average molecular weight is 450 g/mol. The molecule has 0 aliphatic carbocycles. The zero-order chi connectivity index (χ0) is 23.7. The van der Waals surface area contributed by atoms with Crippen LogP contribution in [0.15, 0.2) is 66.7 Å². The van der Waals surface area contributed by atoms with Crippen molar-refractivity contribution in [2.75, 3.05) is 0 Å². The SMILES string of the molecule is N=[N+]=C(C(=O)[O-])c1ccc(-c2ccc(C(F)(F)F)cc2)c(-c2ccc(C(F)(F)F)cc2)c1. The van der Waals surface area contributed by atoms with E-state index in [0.717, 1.165) is 36.4 Å². The minimum Gasteiger partial charge on any atom is -0.538 e. The number of aliphatic carboxylic acids is 1. The topological polar surface area (TPSA) is 78.1 Å². The average Bonchev–Trinajstić information content (AvgIpc) is 2.73. The standard InChI is InChI=1S/C22H12F6N2O2/c23-21(24,25)15-6-1-12(2-7-15)17-10-5-14(19(30-29)20(31)32)11-18(17)13-3-8-16(9-4-13)22(26,27)28/h1-11,29H. The van der Waals surface area contributed by atoms with Crippen molar-refractivity contribution >= 4 is 11.7 Å². The molecule has 3 rings (SSSR count). The number of carbonyl (C=O) groups excluding carboxylic acids is 1. The number of halogens is 6. The first-order valence-corrected chi connectivity index (χ1v) is 8.87. The van der Waals surface area contributed by atoms with Gasteiger partial charge in [0.05, 0.1) is 27.0 Å². The minimum atomic E-state index is -4.57. The second-order valence-electron chi connectivity index (χ2n) is 6.66. The molecule has 164 valence electrons. The number of rotatable bonds is 4. The highest BCUT2D eigenvalue weighted by Gasteiger charge is 2.31. The fraction of sp³-hybridized carbons (Fsp3) is 0.0909. The van der Waals surface area contributed by atoms with E-state index in [0.29, 0.717) is 11.1 Å². The normalized spacial score (nSPS) is 11.7. The smallest absolute Gasteiger partial charge is 0.416 e. The summed E-state index contributed by atoms with van der Waals surface area (Å²) >= 11 is 0. The van der Waals surface area contributed by atoms with Crippen molar-refractivity contribution in [3.8, 4) is 22.3 Å². The second kappa shape index (κ2) is 8.32. The number of hydrogen-bond donors (Lipinski definition) is 1. The number of alkyl halides is 6. The monoisotopic (exact) mass is 450 g/mol. The molecular formula is C22H12F6N2O2. The maximum absolute atomic E-state index is 12.9. The molecule has 0 aliphatic rings. The number of carbonyl (C=O) groups is 1. The summed E-state index contributed by atoms with van der Waals surface area (Å²) in [5.74, 6) is -1.74. The Kier molecular flexibility index (Phi) is 5.92. The lowest BCUT2D eigenvalue weighted by molar-refractivity contribution is -0.298. The van der Waals surface area contributed by atoms with E-state index in [-0.39, 0.29) is 16.7 Å². The van der Waals surface area contributed by atoms with Crippen LogP contribution in [0.3, 0.4) is 0 Å². The fourth-order valence-electron chi connectivity index (χ4n) is 3.09. The first-order valence-electron chi connectivity index (χ1n) is 8.87. The van der Waals surface area contributed by atoms with Crippen LogP contribution in [0.2, 0.25) is 0 Å². The van der Waals surface area contributed by atoms with Crippen LogP contribution in [0.1, 0.15) is 16.7 Å². The summed E-state index contributed by atoms with van der Waals surface area (Å²) in [4.78, 5) is 14.1.